The molecule has 0 radical (unpaired) electrons. The van der Waals surface area contributed by atoms with Crippen molar-refractivity contribution in [2.45, 2.75) is 31.7 Å². The van der Waals surface area contributed by atoms with E-state index < -0.39 is 5.82 Å². The maximum Gasteiger partial charge on any atom is 0.256 e. The van der Waals surface area contributed by atoms with Crippen LogP contribution in [0.2, 0.25) is 0 Å². The second-order valence-electron chi connectivity index (χ2n) is 5.69. The number of amides is 1. The quantitative estimate of drug-likeness (QED) is 0.897. The second kappa shape index (κ2) is 5.87. The minimum Gasteiger partial charge on any atom is -0.339 e. The van der Waals surface area contributed by atoms with Crippen LogP contribution in [0.4, 0.5) is 4.39 Å². The maximum absolute atomic E-state index is 13.6. The SMILES string of the molecule is O=C(c1ccncc1F)N1CCC(C2CCCN2)CC1. The van der Waals surface area contributed by atoms with E-state index in [1.54, 1.807) is 4.90 Å². The van der Waals surface area contributed by atoms with E-state index in [0.29, 0.717) is 12.0 Å². The zero-order chi connectivity index (χ0) is 13.9. The second-order valence-corrected chi connectivity index (χ2v) is 5.69. The van der Waals surface area contributed by atoms with Crippen LogP contribution < -0.4 is 5.32 Å². The zero-order valence-electron chi connectivity index (χ0n) is 11.5. The van der Waals surface area contributed by atoms with E-state index in [-0.39, 0.29) is 11.5 Å². The highest BCUT2D eigenvalue weighted by Crippen LogP contribution is 2.26. The van der Waals surface area contributed by atoms with Gasteiger partial charge in [-0.05, 0) is 44.2 Å². The molecule has 3 rings (SSSR count). The maximum atomic E-state index is 13.6. The van der Waals surface area contributed by atoms with Gasteiger partial charge in [0.1, 0.15) is 0 Å². The van der Waals surface area contributed by atoms with Crippen LogP contribution in [0.1, 0.15) is 36.0 Å². The highest BCUT2D eigenvalue weighted by molar-refractivity contribution is 5.94. The molecule has 1 unspecified atom stereocenters. The molecule has 1 amide bonds. The van der Waals surface area contributed by atoms with Gasteiger partial charge in [0.15, 0.2) is 5.82 Å². The summed E-state index contributed by atoms with van der Waals surface area (Å²) in [6.45, 7) is 2.57. The van der Waals surface area contributed by atoms with Crippen molar-refractivity contribution in [3.63, 3.8) is 0 Å². The number of pyridine rings is 1. The van der Waals surface area contributed by atoms with Crippen molar-refractivity contribution in [3.05, 3.63) is 29.8 Å². The Morgan fingerprint density at radius 1 is 1.35 bits per heavy atom. The molecule has 2 aliphatic rings. The van der Waals surface area contributed by atoms with Crippen LogP contribution in [-0.2, 0) is 0 Å². The van der Waals surface area contributed by atoms with E-state index in [2.05, 4.69) is 10.3 Å². The van der Waals surface area contributed by atoms with E-state index in [1.807, 2.05) is 0 Å². The Kier molecular flexibility index (Phi) is 3.96. The monoisotopic (exact) mass is 277 g/mol. The zero-order valence-corrected chi connectivity index (χ0v) is 11.5. The third-order valence-electron chi connectivity index (χ3n) is 4.50. The lowest BCUT2D eigenvalue weighted by atomic mass is 9.88. The van der Waals surface area contributed by atoms with Gasteiger partial charge in [-0.25, -0.2) is 4.39 Å². The largest absolute Gasteiger partial charge is 0.339 e. The summed E-state index contributed by atoms with van der Waals surface area (Å²) in [6, 6.07) is 2.08. The Bertz CT molecular complexity index is 480. The van der Waals surface area contributed by atoms with Crippen LogP contribution in [0, 0.1) is 11.7 Å². The Balaban J connectivity index is 1.60. The van der Waals surface area contributed by atoms with E-state index in [4.69, 9.17) is 0 Å². The number of aromatic nitrogens is 1. The van der Waals surface area contributed by atoms with Crippen LogP contribution in [-0.4, -0.2) is 41.5 Å². The van der Waals surface area contributed by atoms with Crippen molar-refractivity contribution >= 4 is 5.91 Å². The Hall–Kier alpha value is -1.49. The topological polar surface area (TPSA) is 45.2 Å². The number of nitrogens with one attached hydrogen (secondary N) is 1. The lowest BCUT2D eigenvalue weighted by Gasteiger charge is -2.35. The van der Waals surface area contributed by atoms with Gasteiger partial charge in [0.25, 0.3) is 5.91 Å². The summed E-state index contributed by atoms with van der Waals surface area (Å²) >= 11 is 0. The molecule has 0 bridgehead atoms. The molecular formula is C15H20FN3O. The number of piperidine rings is 1. The molecule has 3 heterocycles. The van der Waals surface area contributed by atoms with E-state index in [0.717, 1.165) is 38.7 Å². The molecule has 0 spiro atoms. The number of carbonyl (C=O) groups is 1. The Morgan fingerprint density at radius 2 is 2.15 bits per heavy atom. The molecule has 20 heavy (non-hydrogen) atoms. The lowest BCUT2D eigenvalue weighted by molar-refractivity contribution is 0.0669. The van der Waals surface area contributed by atoms with Gasteiger partial charge in [-0.2, -0.15) is 0 Å². The van der Waals surface area contributed by atoms with Crippen molar-refractivity contribution in [1.82, 2.24) is 15.2 Å². The highest BCUT2D eigenvalue weighted by Gasteiger charge is 2.30. The van der Waals surface area contributed by atoms with Crippen LogP contribution in [0.3, 0.4) is 0 Å². The predicted molar refractivity (Wildman–Crippen MR) is 73.8 cm³/mol. The first-order chi connectivity index (χ1) is 9.75. The van der Waals surface area contributed by atoms with Crippen LogP contribution in [0.25, 0.3) is 0 Å². The normalized spacial score (nSPS) is 24.1. The molecule has 1 aromatic rings. The molecule has 0 aliphatic carbocycles. The minimum absolute atomic E-state index is 0.137. The van der Waals surface area contributed by atoms with Gasteiger partial charge < -0.3 is 10.2 Å². The first-order valence-corrected chi connectivity index (χ1v) is 7.38. The Morgan fingerprint density at radius 3 is 2.80 bits per heavy atom. The fourth-order valence-corrected chi connectivity index (χ4v) is 3.34. The number of likely N-dealkylation sites (tertiary alicyclic amines) is 1. The lowest BCUT2D eigenvalue weighted by Crippen LogP contribution is -2.43. The van der Waals surface area contributed by atoms with E-state index >= 15 is 0 Å². The van der Waals surface area contributed by atoms with Gasteiger partial charge in [-0.1, -0.05) is 0 Å². The summed E-state index contributed by atoms with van der Waals surface area (Å²) < 4.78 is 13.6. The fraction of sp³-hybridized carbons (Fsp3) is 0.600. The molecule has 0 saturated carbocycles. The predicted octanol–water partition coefficient (Wildman–Crippen LogP) is 1.82. The van der Waals surface area contributed by atoms with Gasteiger partial charge in [-0.15, -0.1) is 0 Å². The van der Waals surface area contributed by atoms with Gasteiger partial charge in [0, 0.05) is 25.3 Å². The first kappa shape index (κ1) is 13.5. The summed E-state index contributed by atoms with van der Waals surface area (Å²) in [5.74, 6) is -0.0800. The molecule has 1 atom stereocenters. The first-order valence-electron chi connectivity index (χ1n) is 7.38. The molecule has 2 saturated heterocycles. The Labute approximate surface area is 118 Å². The number of hydrogen-bond donors (Lipinski definition) is 1. The third kappa shape index (κ3) is 2.68. The summed E-state index contributed by atoms with van der Waals surface area (Å²) in [5, 5.41) is 3.54. The highest BCUT2D eigenvalue weighted by atomic mass is 19.1. The minimum atomic E-state index is -0.530. The fourth-order valence-electron chi connectivity index (χ4n) is 3.34. The molecule has 2 aliphatic heterocycles. The van der Waals surface area contributed by atoms with Crippen molar-refractivity contribution in [2.75, 3.05) is 19.6 Å². The molecule has 0 aromatic carbocycles. The van der Waals surface area contributed by atoms with E-state index in [1.165, 1.54) is 25.1 Å². The number of carbonyl (C=O) groups excluding carboxylic acids is 1. The summed E-state index contributed by atoms with van der Waals surface area (Å²) in [5.41, 5.74) is 0.137. The standard InChI is InChI=1S/C15H20FN3O/c16-13-10-17-7-3-12(13)15(20)19-8-4-11(5-9-19)14-2-1-6-18-14/h3,7,10-11,14,18H,1-2,4-6,8-9H2. The summed E-state index contributed by atoms with van der Waals surface area (Å²) in [4.78, 5) is 17.7. The molecule has 108 valence electrons. The van der Waals surface area contributed by atoms with Crippen LogP contribution >= 0.6 is 0 Å². The van der Waals surface area contributed by atoms with Crippen molar-refractivity contribution in [3.8, 4) is 0 Å². The molecule has 1 N–H and O–H groups in total. The van der Waals surface area contributed by atoms with Gasteiger partial charge in [0.2, 0.25) is 0 Å². The average molecular weight is 277 g/mol. The van der Waals surface area contributed by atoms with Crippen molar-refractivity contribution < 1.29 is 9.18 Å². The smallest absolute Gasteiger partial charge is 0.256 e. The summed E-state index contributed by atoms with van der Waals surface area (Å²) in [7, 11) is 0. The number of nitrogens with zero attached hydrogens (tertiary/aromatic N) is 2. The summed E-state index contributed by atoms with van der Waals surface area (Å²) in [6.07, 6.45) is 7.09. The van der Waals surface area contributed by atoms with Gasteiger partial charge in [0.05, 0.1) is 11.8 Å². The molecule has 5 heteroatoms. The number of halogens is 1. The molecule has 4 nitrogen and oxygen atoms in total. The molecular weight excluding hydrogens is 257 g/mol. The van der Waals surface area contributed by atoms with Gasteiger partial charge in [-0.3, -0.25) is 9.78 Å². The average Bonchev–Trinajstić information content (AvgIpc) is 3.01. The molecule has 1 aromatic heterocycles. The van der Waals surface area contributed by atoms with Crippen LogP contribution in [0.15, 0.2) is 18.5 Å². The number of rotatable bonds is 2. The van der Waals surface area contributed by atoms with Crippen molar-refractivity contribution in [1.29, 1.82) is 0 Å². The van der Waals surface area contributed by atoms with Gasteiger partial charge >= 0.3 is 0 Å². The van der Waals surface area contributed by atoms with Crippen LogP contribution in [0.5, 0.6) is 0 Å². The molecule has 2 fully saturated rings. The number of hydrogen-bond acceptors (Lipinski definition) is 3. The van der Waals surface area contributed by atoms with E-state index in [9.17, 15) is 9.18 Å². The van der Waals surface area contributed by atoms with Crippen molar-refractivity contribution in [2.24, 2.45) is 5.92 Å². The third-order valence-corrected chi connectivity index (χ3v) is 4.50.